The van der Waals surface area contributed by atoms with Gasteiger partial charge >= 0.3 is 0 Å². The van der Waals surface area contributed by atoms with E-state index in [9.17, 15) is 9.59 Å². The highest BCUT2D eigenvalue weighted by atomic mass is 16.2. The molecular formula is C24H27N3O2. The number of aryl methyl sites for hydroxylation is 1. The monoisotopic (exact) mass is 389 g/mol. The van der Waals surface area contributed by atoms with Crippen LogP contribution in [0.3, 0.4) is 0 Å². The minimum absolute atomic E-state index is 0.0829. The van der Waals surface area contributed by atoms with E-state index in [1.807, 2.05) is 18.2 Å². The molecule has 5 nitrogen and oxygen atoms in total. The zero-order chi connectivity index (χ0) is 20.4. The number of fused-ring (bicyclic) bond motifs is 1. The van der Waals surface area contributed by atoms with Crippen molar-refractivity contribution in [1.29, 1.82) is 0 Å². The van der Waals surface area contributed by atoms with Gasteiger partial charge in [-0.3, -0.25) is 9.59 Å². The zero-order valence-electron chi connectivity index (χ0n) is 16.9. The molecule has 1 aromatic heterocycles. The molecule has 1 aliphatic rings. The average Bonchev–Trinajstić information content (AvgIpc) is 3.30. The average molecular weight is 389 g/mol. The van der Waals surface area contributed by atoms with Gasteiger partial charge in [-0.05, 0) is 35.4 Å². The fraction of sp³-hybridized carbons (Fsp3) is 0.333. The van der Waals surface area contributed by atoms with Gasteiger partial charge in [-0.1, -0.05) is 62.4 Å². The number of rotatable bonds is 6. The van der Waals surface area contributed by atoms with Crippen LogP contribution in [0, 0.1) is 0 Å². The van der Waals surface area contributed by atoms with Crippen LogP contribution in [0.1, 0.15) is 43.7 Å². The number of benzene rings is 2. The number of hydrogen-bond donors (Lipinski definition) is 3. The SMILES string of the molecule is CC(C)c1cccc2c(CCC(=O)NC3CCNC3=O)c(-c3ccccc3)[nH]c12. The molecule has 1 atom stereocenters. The van der Waals surface area contributed by atoms with Crippen molar-refractivity contribution in [2.75, 3.05) is 6.54 Å². The summed E-state index contributed by atoms with van der Waals surface area (Å²) >= 11 is 0. The van der Waals surface area contributed by atoms with Crippen LogP contribution in [0.25, 0.3) is 22.2 Å². The molecule has 1 unspecified atom stereocenters. The first-order valence-electron chi connectivity index (χ1n) is 10.3. The fourth-order valence-electron chi connectivity index (χ4n) is 4.13. The summed E-state index contributed by atoms with van der Waals surface area (Å²) in [5, 5.41) is 6.79. The quantitative estimate of drug-likeness (QED) is 0.598. The van der Waals surface area contributed by atoms with Crippen LogP contribution in [-0.2, 0) is 16.0 Å². The second-order valence-electron chi connectivity index (χ2n) is 7.97. The molecule has 2 heterocycles. The van der Waals surface area contributed by atoms with Crippen molar-refractivity contribution in [3.8, 4) is 11.3 Å². The van der Waals surface area contributed by atoms with Crippen molar-refractivity contribution in [3.63, 3.8) is 0 Å². The maximum absolute atomic E-state index is 12.5. The molecule has 0 aliphatic carbocycles. The van der Waals surface area contributed by atoms with Crippen LogP contribution in [0.15, 0.2) is 48.5 Å². The summed E-state index contributed by atoms with van der Waals surface area (Å²) in [6.45, 7) is 5.01. The number of hydrogen-bond acceptors (Lipinski definition) is 2. The lowest BCUT2D eigenvalue weighted by Gasteiger charge is -2.10. The lowest BCUT2D eigenvalue weighted by molar-refractivity contribution is -0.127. The number of carbonyl (C=O) groups excluding carboxylic acids is 2. The third kappa shape index (κ3) is 3.90. The van der Waals surface area contributed by atoms with Crippen molar-refractivity contribution in [2.24, 2.45) is 0 Å². The van der Waals surface area contributed by atoms with Gasteiger partial charge < -0.3 is 15.6 Å². The number of aromatic amines is 1. The Morgan fingerprint density at radius 3 is 2.62 bits per heavy atom. The number of carbonyl (C=O) groups is 2. The van der Waals surface area contributed by atoms with E-state index in [0.29, 0.717) is 31.7 Å². The van der Waals surface area contributed by atoms with Crippen LogP contribution in [0.5, 0.6) is 0 Å². The van der Waals surface area contributed by atoms with Gasteiger partial charge in [-0.15, -0.1) is 0 Å². The number of amides is 2. The molecule has 0 bridgehead atoms. The largest absolute Gasteiger partial charge is 0.354 e. The molecule has 1 fully saturated rings. The third-order valence-corrected chi connectivity index (χ3v) is 5.64. The molecule has 150 valence electrons. The Balaban J connectivity index is 1.65. The molecule has 29 heavy (non-hydrogen) atoms. The zero-order valence-corrected chi connectivity index (χ0v) is 16.9. The van der Waals surface area contributed by atoms with Gasteiger partial charge in [-0.25, -0.2) is 0 Å². The molecule has 1 aliphatic heterocycles. The lowest BCUT2D eigenvalue weighted by atomic mass is 9.97. The summed E-state index contributed by atoms with van der Waals surface area (Å²) in [6.07, 6.45) is 1.62. The molecule has 4 rings (SSSR count). The third-order valence-electron chi connectivity index (χ3n) is 5.64. The van der Waals surface area contributed by atoms with E-state index in [1.54, 1.807) is 0 Å². The van der Waals surface area contributed by atoms with E-state index in [4.69, 9.17) is 0 Å². The summed E-state index contributed by atoms with van der Waals surface area (Å²) < 4.78 is 0. The molecule has 0 spiro atoms. The van der Waals surface area contributed by atoms with Crippen LogP contribution < -0.4 is 10.6 Å². The molecule has 1 saturated heterocycles. The highest BCUT2D eigenvalue weighted by molar-refractivity contribution is 5.94. The molecule has 2 amide bonds. The maximum atomic E-state index is 12.5. The van der Waals surface area contributed by atoms with Crippen LogP contribution in [-0.4, -0.2) is 29.4 Å². The Morgan fingerprint density at radius 1 is 1.14 bits per heavy atom. The topological polar surface area (TPSA) is 74.0 Å². The summed E-state index contributed by atoms with van der Waals surface area (Å²) in [4.78, 5) is 27.9. The molecule has 2 aromatic carbocycles. The Bertz CT molecular complexity index is 1040. The van der Waals surface area contributed by atoms with Crippen molar-refractivity contribution in [2.45, 2.75) is 45.1 Å². The lowest BCUT2D eigenvalue weighted by Crippen LogP contribution is -2.40. The maximum Gasteiger partial charge on any atom is 0.242 e. The summed E-state index contributed by atoms with van der Waals surface area (Å²) in [5.41, 5.74) is 5.76. The van der Waals surface area contributed by atoms with E-state index in [-0.39, 0.29) is 11.8 Å². The Hall–Kier alpha value is -3.08. The number of nitrogens with one attached hydrogen (secondary N) is 3. The van der Waals surface area contributed by atoms with Crippen molar-refractivity contribution in [3.05, 3.63) is 59.7 Å². The molecule has 5 heteroatoms. The van der Waals surface area contributed by atoms with Gasteiger partial charge in [0.05, 0.1) is 0 Å². The number of aromatic nitrogens is 1. The number of para-hydroxylation sites is 1. The first kappa shape index (κ1) is 19.2. The van der Waals surface area contributed by atoms with Gasteiger partial charge in [-0.2, -0.15) is 0 Å². The minimum Gasteiger partial charge on any atom is -0.354 e. The first-order valence-corrected chi connectivity index (χ1v) is 10.3. The highest BCUT2D eigenvalue weighted by Crippen LogP contribution is 2.35. The van der Waals surface area contributed by atoms with E-state index in [1.165, 1.54) is 10.9 Å². The smallest absolute Gasteiger partial charge is 0.242 e. The van der Waals surface area contributed by atoms with Crippen LogP contribution in [0.4, 0.5) is 0 Å². The van der Waals surface area contributed by atoms with E-state index in [0.717, 1.165) is 22.3 Å². The minimum atomic E-state index is -0.397. The Morgan fingerprint density at radius 2 is 1.93 bits per heavy atom. The molecule has 0 radical (unpaired) electrons. The highest BCUT2D eigenvalue weighted by Gasteiger charge is 2.25. The van der Waals surface area contributed by atoms with E-state index in [2.05, 4.69) is 59.8 Å². The van der Waals surface area contributed by atoms with Crippen molar-refractivity contribution in [1.82, 2.24) is 15.6 Å². The summed E-state index contributed by atoms with van der Waals surface area (Å²) in [7, 11) is 0. The first-order chi connectivity index (χ1) is 14.0. The predicted molar refractivity (Wildman–Crippen MR) is 116 cm³/mol. The van der Waals surface area contributed by atoms with Gasteiger partial charge in [0.1, 0.15) is 6.04 Å². The second kappa shape index (κ2) is 8.11. The Kier molecular flexibility index (Phi) is 5.38. The second-order valence-corrected chi connectivity index (χ2v) is 7.97. The van der Waals surface area contributed by atoms with Gasteiger partial charge in [0.25, 0.3) is 0 Å². The molecule has 3 aromatic rings. The Labute approximate surface area is 170 Å². The van der Waals surface area contributed by atoms with Crippen LogP contribution in [0.2, 0.25) is 0 Å². The van der Waals surface area contributed by atoms with E-state index < -0.39 is 6.04 Å². The fourth-order valence-corrected chi connectivity index (χ4v) is 4.13. The summed E-state index contributed by atoms with van der Waals surface area (Å²) in [6, 6.07) is 16.2. The van der Waals surface area contributed by atoms with Crippen molar-refractivity contribution >= 4 is 22.7 Å². The predicted octanol–water partition coefficient (Wildman–Crippen LogP) is 3.90. The molecule has 3 N–H and O–H groups in total. The van der Waals surface area contributed by atoms with Gasteiger partial charge in [0, 0.05) is 29.6 Å². The number of H-pyrrole nitrogens is 1. The molecule has 0 saturated carbocycles. The van der Waals surface area contributed by atoms with Gasteiger partial charge in [0.2, 0.25) is 11.8 Å². The van der Waals surface area contributed by atoms with Gasteiger partial charge in [0.15, 0.2) is 0 Å². The van der Waals surface area contributed by atoms with Crippen LogP contribution >= 0.6 is 0 Å². The van der Waals surface area contributed by atoms with E-state index >= 15 is 0 Å². The molecular weight excluding hydrogens is 362 g/mol. The summed E-state index contributed by atoms with van der Waals surface area (Å²) in [5.74, 6) is 0.232. The normalized spacial score (nSPS) is 16.4. The standard InChI is InChI=1S/C24H27N3O2/c1-15(2)17-9-6-10-18-19(11-12-21(28)26-20-13-14-25-24(20)29)22(27-23(17)18)16-7-4-3-5-8-16/h3-10,15,20,27H,11-14H2,1-2H3,(H,25,29)(H,26,28). The van der Waals surface area contributed by atoms with Crippen molar-refractivity contribution < 1.29 is 9.59 Å².